The highest BCUT2D eigenvalue weighted by molar-refractivity contribution is 7.98. The molecule has 8 heteroatoms. The molecule has 25 heavy (non-hydrogen) atoms. The molecule has 0 unspecified atom stereocenters. The lowest BCUT2D eigenvalue weighted by atomic mass is 9.95. The summed E-state index contributed by atoms with van der Waals surface area (Å²) in [6.07, 6.45) is 3.44. The molecule has 1 atom stereocenters. The van der Waals surface area contributed by atoms with Crippen molar-refractivity contribution in [1.29, 1.82) is 5.41 Å². The molecule has 0 fully saturated rings. The van der Waals surface area contributed by atoms with Gasteiger partial charge in [-0.1, -0.05) is 47.4 Å². The predicted octanol–water partition coefficient (Wildman–Crippen LogP) is 4.70. The van der Waals surface area contributed by atoms with E-state index >= 15 is 0 Å². The fraction of sp³-hybridized carbons (Fsp3) is 0.471. The van der Waals surface area contributed by atoms with Crippen LogP contribution in [0, 0.1) is 5.41 Å². The first-order valence-electron chi connectivity index (χ1n) is 7.59. The van der Waals surface area contributed by atoms with E-state index in [2.05, 4.69) is 6.58 Å². The molecule has 0 aliphatic heterocycles. The zero-order valence-corrected chi connectivity index (χ0v) is 17.4. The first-order chi connectivity index (χ1) is 11.7. The Bertz CT molecular complexity index is 606. The molecule has 4 nitrogen and oxygen atoms in total. The number of hydrogen-bond donors (Lipinski definition) is 2. The van der Waals surface area contributed by atoms with Gasteiger partial charge in [0.15, 0.2) is 0 Å². The average Bonchev–Trinajstić information content (AvgIpc) is 2.57. The van der Waals surface area contributed by atoms with Crippen molar-refractivity contribution in [1.82, 2.24) is 0 Å². The van der Waals surface area contributed by atoms with Crippen LogP contribution in [-0.2, 0) is 11.2 Å². The maximum Gasteiger partial charge on any atom is 0.265 e. The van der Waals surface area contributed by atoms with E-state index in [1.165, 1.54) is 0 Å². The summed E-state index contributed by atoms with van der Waals surface area (Å²) in [7, 11) is 1.62. The highest BCUT2D eigenvalue weighted by Crippen LogP contribution is 2.30. The third-order valence-electron chi connectivity index (χ3n) is 3.59. The number of hydrogen-bond acceptors (Lipinski definition) is 5. The van der Waals surface area contributed by atoms with Crippen LogP contribution in [0.25, 0.3) is 5.57 Å². The Morgan fingerprint density at radius 3 is 2.64 bits per heavy atom. The molecule has 3 N–H and O–H groups in total. The Kier molecular flexibility index (Phi) is 9.46. The molecule has 0 spiro atoms. The van der Waals surface area contributed by atoms with Gasteiger partial charge in [0.05, 0.1) is 13.7 Å². The number of ether oxygens (including phenoxy) is 2. The molecule has 0 bridgehead atoms. The van der Waals surface area contributed by atoms with Crippen molar-refractivity contribution in [3.8, 4) is 5.75 Å². The van der Waals surface area contributed by atoms with Crippen LogP contribution in [0.3, 0.4) is 0 Å². The molecule has 0 saturated heterocycles. The topological polar surface area (TPSA) is 68.3 Å². The molecule has 140 valence electrons. The van der Waals surface area contributed by atoms with Crippen LogP contribution < -0.4 is 10.5 Å². The Morgan fingerprint density at radius 2 is 2.08 bits per heavy atom. The zero-order chi connectivity index (χ0) is 19.0. The third-order valence-corrected chi connectivity index (χ3v) is 4.74. The van der Waals surface area contributed by atoms with Gasteiger partial charge in [-0.25, -0.2) is 0 Å². The number of alkyl halides is 3. The van der Waals surface area contributed by atoms with Crippen molar-refractivity contribution >= 4 is 58.0 Å². The maximum absolute atomic E-state index is 7.53. The molecule has 1 rings (SSSR count). The first-order valence-corrected chi connectivity index (χ1v) is 10.1. The molecular formula is C17H23Cl3N2O2S. The average molecular weight is 426 g/mol. The third kappa shape index (κ3) is 7.27. The second kappa shape index (κ2) is 10.5. The summed E-state index contributed by atoms with van der Waals surface area (Å²) >= 11 is 18.5. The summed E-state index contributed by atoms with van der Waals surface area (Å²) in [6.45, 7) is 4.36. The zero-order valence-electron chi connectivity index (χ0n) is 14.3. The Morgan fingerprint density at radius 1 is 1.40 bits per heavy atom. The van der Waals surface area contributed by atoms with Crippen molar-refractivity contribution in [2.45, 2.75) is 22.7 Å². The van der Waals surface area contributed by atoms with Crippen LogP contribution in [0.5, 0.6) is 5.75 Å². The summed E-state index contributed by atoms with van der Waals surface area (Å²) in [6, 6.07) is 5.64. The molecule has 1 aromatic rings. The monoisotopic (exact) mass is 424 g/mol. The van der Waals surface area contributed by atoms with Crippen molar-refractivity contribution in [3.05, 3.63) is 35.9 Å². The highest BCUT2D eigenvalue weighted by Gasteiger charge is 2.28. The molecule has 0 radical (unpaired) electrons. The summed E-state index contributed by atoms with van der Waals surface area (Å²) in [5.74, 6) is 1.30. The van der Waals surface area contributed by atoms with E-state index in [1.54, 1.807) is 18.9 Å². The predicted molar refractivity (Wildman–Crippen MR) is 111 cm³/mol. The Labute approximate surface area is 168 Å². The minimum atomic E-state index is -1.84. The molecule has 0 amide bonds. The van der Waals surface area contributed by atoms with E-state index in [9.17, 15) is 0 Å². The van der Waals surface area contributed by atoms with Gasteiger partial charge in [0.25, 0.3) is 3.79 Å². The number of benzene rings is 1. The van der Waals surface area contributed by atoms with Gasteiger partial charge in [-0.15, -0.1) is 0 Å². The van der Waals surface area contributed by atoms with Crippen LogP contribution in [-0.4, -0.2) is 41.5 Å². The maximum atomic E-state index is 7.53. The lowest BCUT2D eigenvalue weighted by molar-refractivity contribution is 0.300. The van der Waals surface area contributed by atoms with E-state index in [1.807, 2.05) is 24.5 Å². The van der Waals surface area contributed by atoms with Crippen LogP contribution >= 0.6 is 46.6 Å². The molecular weight excluding hydrogens is 403 g/mol. The molecule has 0 aliphatic carbocycles. The van der Waals surface area contributed by atoms with Crippen molar-refractivity contribution < 1.29 is 9.47 Å². The van der Waals surface area contributed by atoms with Gasteiger partial charge in [-0.2, -0.15) is 11.8 Å². The van der Waals surface area contributed by atoms with Gasteiger partial charge in [0, 0.05) is 18.0 Å². The lowest BCUT2D eigenvalue weighted by Gasteiger charge is -2.18. The second-order valence-corrected chi connectivity index (χ2v) is 8.64. The quantitative estimate of drug-likeness (QED) is 0.342. The Hall–Kier alpha value is -0.590. The molecule has 0 heterocycles. The standard InChI is InChI=1S/C17H23Cl3N2O2S/c1-11(14(21)7-9-25-3)13-10-12(4-5-15(13)23-2)6-8-24-16(22)17(18,19)20/h4-5,10,14,22H,1,6-9,21H2,2-3H3/t14-/m0/s1. The lowest BCUT2D eigenvalue weighted by Crippen LogP contribution is -2.23. The number of nitrogens with one attached hydrogen (secondary N) is 1. The number of thioether (sulfide) groups is 1. The van der Waals surface area contributed by atoms with E-state index in [0.29, 0.717) is 6.42 Å². The fourth-order valence-electron chi connectivity index (χ4n) is 2.13. The van der Waals surface area contributed by atoms with Gasteiger partial charge < -0.3 is 15.2 Å². The SMILES string of the molecule is C=C(c1cc(CCOC(=N)C(Cl)(Cl)Cl)ccc1OC)[C@@H](N)CCSC. The van der Waals surface area contributed by atoms with Crippen molar-refractivity contribution in [2.75, 3.05) is 25.7 Å². The van der Waals surface area contributed by atoms with Crippen LogP contribution in [0.1, 0.15) is 17.5 Å². The molecule has 0 saturated carbocycles. The van der Waals surface area contributed by atoms with E-state index in [-0.39, 0.29) is 12.6 Å². The van der Waals surface area contributed by atoms with E-state index in [0.717, 1.165) is 34.6 Å². The highest BCUT2D eigenvalue weighted by atomic mass is 35.6. The smallest absolute Gasteiger partial charge is 0.265 e. The summed E-state index contributed by atoms with van der Waals surface area (Å²) in [4.78, 5) is 0. The fourth-order valence-corrected chi connectivity index (χ4v) is 2.79. The van der Waals surface area contributed by atoms with Crippen molar-refractivity contribution in [2.24, 2.45) is 5.73 Å². The van der Waals surface area contributed by atoms with Gasteiger partial charge in [-0.05, 0) is 41.7 Å². The molecule has 0 aromatic heterocycles. The minimum absolute atomic E-state index is 0.134. The number of methoxy groups -OCH3 is 1. The number of nitrogens with two attached hydrogens (primary N) is 1. The summed E-state index contributed by atoms with van der Waals surface area (Å²) in [5.41, 5.74) is 8.94. The number of rotatable bonds is 9. The number of halogens is 3. The van der Waals surface area contributed by atoms with Crippen LogP contribution in [0.15, 0.2) is 24.8 Å². The van der Waals surface area contributed by atoms with Crippen LogP contribution in [0.4, 0.5) is 0 Å². The second-order valence-electron chi connectivity index (χ2n) is 5.37. The normalized spacial score (nSPS) is 12.6. The summed E-state index contributed by atoms with van der Waals surface area (Å²) in [5, 5.41) is 7.53. The molecule has 1 aromatic carbocycles. The van der Waals surface area contributed by atoms with Gasteiger partial charge in [0.2, 0.25) is 5.90 Å². The van der Waals surface area contributed by atoms with E-state index in [4.69, 9.17) is 55.4 Å². The largest absolute Gasteiger partial charge is 0.496 e. The first kappa shape index (κ1) is 22.5. The van der Waals surface area contributed by atoms with E-state index < -0.39 is 9.69 Å². The molecule has 0 aliphatic rings. The van der Waals surface area contributed by atoms with Gasteiger partial charge in [-0.3, -0.25) is 5.41 Å². The van der Waals surface area contributed by atoms with Crippen molar-refractivity contribution in [3.63, 3.8) is 0 Å². The summed E-state index contributed by atoms with van der Waals surface area (Å²) < 4.78 is 8.75. The van der Waals surface area contributed by atoms with Gasteiger partial charge in [0.1, 0.15) is 5.75 Å². The minimum Gasteiger partial charge on any atom is -0.496 e. The van der Waals surface area contributed by atoms with Crippen LogP contribution in [0.2, 0.25) is 0 Å². The Balaban J connectivity index is 2.81. The van der Waals surface area contributed by atoms with Gasteiger partial charge >= 0.3 is 0 Å².